The topological polar surface area (TPSA) is 56.1 Å². The fourth-order valence-electron chi connectivity index (χ4n) is 3.20. The number of carbonyl (C=O) groups excluding carboxylic acids is 1. The monoisotopic (exact) mass is 459 g/mol. The van der Waals surface area contributed by atoms with E-state index in [0.717, 1.165) is 32.7 Å². The average molecular weight is 460 g/mol. The van der Waals surface area contributed by atoms with E-state index in [0.29, 0.717) is 12.8 Å². The first kappa shape index (κ1) is 21.0. The maximum Gasteiger partial charge on any atom is 0.220 e. The minimum atomic E-state index is -0.289. The van der Waals surface area contributed by atoms with Crippen LogP contribution in [0.5, 0.6) is 5.75 Å². The number of benzene rings is 2. The number of nitrogens with one attached hydrogen (secondary N) is 1. The molecule has 1 atom stereocenters. The van der Waals surface area contributed by atoms with E-state index in [9.17, 15) is 9.18 Å². The number of carbonyl (C=O) groups is 1. The normalized spacial score (nSPS) is 11.9. The number of amides is 1. The number of ether oxygens (including phenoxy) is 1. The van der Waals surface area contributed by atoms with E-state index < -0.39 is 0 Å². The van der Waals surface area contributed by atoms with Gasteiger partial charge in [0, 0.05) is 17.7 Å². The zero-order chi connectivity index (χ0) is 21.0. The second kappa shape index (κ2) is 9.22. The van der Waals surface area contributed by atoms with E-state index >= 15 is 0 Å². The lowest BCUT2D eigenvalue weighted by Crippen LogP contribution is -2.27. The SMILES string of the molecule is COc1ccc(CCC(=O)NC(C)c2cnn(-c3ccc(F)cc3)c2C)cc1Br. The van der Waals surface area contributed by atoms with Gasteiger partial charge < -0.3 is 10.1 Å². The molecule has 7 heteroatoms. The van der Waals surface area contributed by atoms with Crippen LogP contribution in [0.2, 0.25) is 0 Å². The zero-order valence-electron chi connectivity index (χ0n) is 16.6. The average Bonchev–Trinajstić information content (AvgIpc) is 3.08. The standard InChI is InChI=1S/C22H23BrFN3O2/c1-14(19-13-25-27(15(19)2)18-8-6-17(24)7-9-18)26-22(28)11-5-16-4-10-21(29-3)20(23)12-16/h4,6-10,12-14H,5,11H2,1-3H3,(H,26,28). The molecule has 5 nitrogen and oxygen atoms in total. The summed E-state index contributed by atoms with van der Waals surface area (Å²) >= 11 is 3.46. The summed E-state index contributed by atoms with van der Waals surface area (Å²) in [5, 5.41) is 7.42. The van der Waals surface area contributed by atoms with E-state index in [2.05, 4.69) is 26.3 Å². The van der Waals surface area contributed by atoms with Gasteiger partial charge in [-0.1, -0.05) is 6.07 Å². The first-order chi connectivity index (χ1) is 13.9. The van der Waals surface area contributed by atoms with Crippen LogP contribution >= 0.6 is 15.9 Å². The Bertz CT molecular complexity index is 1000. The zero-order valence-corrected chi connectivity index (χ0v) is 18.2. The van der Waals surface area contributed by atoms with Gasteiger partial charge in [0.25, 0.3) is 0 Å². The van der Waals surface area contributed by atoms with Gasteiger partial charge in [-0.3, -0.25) is 4.79 Å². The number of hydrogen-bond donors (Lipinski definition) is 1. The Balaban J connectivity index is 1.61. The molecule has 1 aromatic heterocycles. The van der Waals surface area contributed by atoms with Gasteiger partial charge in [-0.2, -0.15) is 5.10 Å². The van der Waals surface area contributed by atoms with Gasteiger partial charge in [-0.15, -0.1) is 0 Å². The summed E-state index contributed by atoms with van der Waals surface area (Å²) in [5.74, 6) is 0.446. The fourth-order valence-corrected chi connectivity index (χ4v) is 3.79. The van der Waals surface area contributed by atoms with Gasteiger partial charge in [0.15, 0.2) is 0 Å². The minimum absolute atomic E-state index is 0.0293. The van der Waals surface area contributed by atoms with Gasteiger partial charge >= 0.3 is 0 Å². The van der Waals surface area contributed by atoms with E-state index in [4.69, 9.17) is 4.74 Å². The predicted octanol–water partition coefficient (Wildman–Crippen LogP) is 4.90. The number of hydrogen-bond acceptors (Lipinski definition) is 3. The largest absolute Gasteiger partial charge is 0.496 e. The number of aryl methyl sites for hydroxylation is 1. The number of rotatable bonds is 7. The highest BCUT2D eigenvalue weighted by atomic mass is 79.9. The second-order valence-electron chi connectivity index (χ2n) is 6.83. The molecular formula is C22H23BrFN3O2. The summed E-state index contributed by atoms with van der Waals surface area (Å²) in [4.78, 5) is 12.4. The minimum Gasteiger partial charge on any atom is -0.496 e. The lowest BCUT2D eigenvalue weighted by atomic mass is 10.1. The third-order valence-electron chi connectivity index (χ3n) is 4.82. The number of nitrogens with zero attached hydrogens (tertiary/aromatic N) is 2. The van der Waals surface area contributed by atoms with E-state index in [1.165, 1.54) is 12.1 Å². The van der Waals surface area contributed by atoms with Gasteiger partial charge in [0.2, 0.25) is 5.91 Å². The first-order valence-electron chi connectivity index (χ1n) is 9.31. The van der Waals surface area contributed by atoms with Crippen molar-refractivity contribution in [2.45, 2.75) is 32.7 Å². The Morgan fingerprint density at radius 3 is 2.66 bits per heavy atom. The smallest absolute Gasteiger partial charge is 0.220 e. The van der Waals surface area contributed by atoms with Crippen molar-refractivity contribution in [1.82, 2.24) is 15.1 Å². The number of aromatic nitrogens is 2. The molecule has 0 fully saturated rings. The second-order valence-corrected chi connectivity index (χ2v) is 7.69. The third-order valence-corrected chi connectivity index (χ3v) is 5.44. The first-order valence-corrected chi connectivity index (χ1v) is 10.1. The summed E-state index contributed by atoms with van der Waals surface area (Å²) in [6.45, 7) is 3.87. The molecule has 0 saturated heterocycles. The highest BCUT2D eigenvalue weighted by Crippen LogP contribution is 2.26. The number of halogens is 2. The van der Waals surface area contributed by atoms with Crippen LogP contribution in [0.1, 0.15) is 36.2 Å². The van der Waals surface area contributed by atoms with Crippen molar-refractivity contribution < 1.29 is 13.9 Å². The molecule has 1 N–H and O–H groups in total. The molecule has 0 radical (unpaired) electrons. The third kappa shape index (κ3) is 5.03. The van der Waals surface area contributed by atoms with Crippen molar-refractivity contribution in [3.05, 3.63) is 75.8 Å². The molecule has 0 aliphatic carbocycles. The molecule has 1 unspecified atom stereocenters. The van der Waals surface area contributed by atoms with Crippen molar-refractivity contribution in [1.29, 1.82) is 0 Å². The molecule has 0 aliphatic rings. The molecular weight excluding hydrogens is 437 g/mol. The molecule has 29 heavy (non-hydrogen) atoms. The van der Waals surface area contributed by atoms with Crippen LogP contribution in [0.15, 0.2) is 53.1 Å². The van der Waals surface area contributed by atoms with Crippen molar-refractivity contribution >= 4 is 21.8 Å². The molecule has 1 heterocycles. The van der Waals surface area contributed by atoms with Crippen molar-refractivity contribution in [3.63, 3.8) is 0 Å². The Kier molecular flexibility index (Phi) is 6.69. The molecule has 0 bridgehead atoms. The molecule has 0 saturated carbocycles. The van der Waals surface area contributed by atoms with Crippen LogP contribution in [0.25, 0.3) is 5.69 Å². The van der Waals surface area contributed by atoms with Gasteiger partial charge in [0.05, 0.1) is 29.5 Å². The summed E-state index contributed by atoms with van der Waals surface area (Å²) in [5.41, 5.74) is 3.66. The number of methoxy groups -OCH3 is 1. The van der Waals surface area contributed by atoms with Crippen molar-refractivity contribution in [2.75, 3.05) is 7.11 Å². The van der Waals surface area contributed by atoms with Crippen LogP contribution < -0.4 is 10.1 Å². The lowest BCUT2D eigenvalue weighted by Gasteiger charge is -2.14. The van der Waals surface area contributed by atoms with Crippen LogP contribution in [0.4, 0.5) is 4.39 Å². The van der Waals surface area contributed by atoms with E-state index in [1.54, 1.807) is 30.1 Å². The summed E-state index contributed by atoms with van der Waals surface area (Å²) in [7, 11) is 1.62. The maximum absolute atomic E-state index is 13.1. The molecule has 2 aromatic carbocycles. The Morgan fingerprint density at radius 2 is 2.00 bits per heavy atom. The summed E-state index contributed by atoms with van der Waals surface area (Å²) in [6, 6.07) is 11.8. The van der Waals surface area contributed by atoms with Crippen LogP contribution in [0.3, 0.4) is 0 Å². The summed E-state index contributed by atoms with van der Waals surface area (Å²) < 4.78 is 21.0. The lowest BCUT2D eigenvalue weighted by molar-refractivity contribution is -0.121. The van der Waals surface area contributed by atoms with Crippen LogP contribution in [-0.2, 0) is 11.2 Å². The highest BCUT2D eigenvalue weighted by Gasteiger charge is 2.16. The molecule has 3 aromatic rings. The Morgan fingerprint density at radius 1 is 1.28 bits per heavy atom. The molecule has 3 rings (SSSR count). The van der Waals surface area contributed by atoms with Gasteiger partial charge in [0.1, 0.15) is 11.6 Å². The molecule has 152 valence electrons. The van der Waals surface area contributed by atoms with Crippen LogP contribution in [-0.4, -0.2) is 22.8 Å². The van der Waals surface area contributed by atoms with E-state index in [1.807, 2.05) is 32.0 Å². The Labute approximate surface area is 178 Å². The van der Waals surface area contributed by atoms with Crippen molar-refractivity contribution in [2.24, 2.45) is 0 Å². The molecule has 1 amide bonds. The quantitative estimate of drug-likeness (QED) is 0.546. The van der Waals surface area contributed by atoms with Gasteiger partial charge in [-0.25, -0.2) is 9.07 Å². The van der Waals surface area contributed by atoms with E-state index in [-0.39, 0.29) is 17.8 Å². The highest BCUT2D eigenvalue weighted by molar-refractivity contribution is 9.10. The summed E-state index contributed by atoms with van der Waals surface area (Å²) in [6.07, 6.45) is 2.76. The predicted molar refractivity (Wildman–Crippen MR) is 114 cm³/mol. The van der Waals surface area contributed by atoms with Gasteiger partial charge in [-0.05, 0) is 78.2 Å². The van der Waals surface area contributed by atoms with Crippen LogP contribution in [0, 0.1) is 12.7 Å². The van der Waals surface area contributed by atoms with Crippen molar-refractivity contribution in [3.8, 4) is 11.4 Å². The molecule has 0 spiro atoms. The maximum atomic E-state index is 13.1. The molecule has 0 aliphatic heterocycles. The fraction of sp³-hybridized carbons (Fsp3) is 0.273. The Hall–Kier alpha value is -2.67.